The Labute approximate surface area is 78.9 Å². The number of hydrazone groups is 1. The predicted octanol–water partition coefficient (Wildman–Crippen LogP) is 1.85. The number of rotatable bonds is 3. The van der Waals surface area contributed by atoms with Crippen molar-refractivity contribution in [3.05, 3.63) is 11.6 Å². The highest BCUT2D eigenvalue weighted by atomic mass is 16.2. The van der Waals surface area contributed by atoms with Gasteiger partial charge in [-0.05, 0) is 12.3 Å². The molecule has 1 heterocycles. The molecule has 1 aliphatic heterocycles. The summed E-state index contributed by atoms with van der Waals surface area (Å²) in [4.78, 5) is 11.3. The van der Waals surface area contributed by atoms with E-state index in [2.05, 4.69) is 31.3 Å². The van der Waals surface area contributed by atoms with E-state index in [1.165, 1.54) is 0 Å². The van der Waals surface area contributed by atoms with E-state index < -0.39 is 0 Å². The van der Waals surface area contributed by atoms with Crippen LogP contribution in [0.1, 0.15) is 33.6 Å². The van der Waals surface area contributed by atoms with Crippen LogP contribution in [0.3, 0.4) is 0 Å². The number of nitrogens with one attached hydrogen (secondary N) is 1. The molecule has 3 heteroatoms. The molecule has 0 unspecified atom stereocenters. The molecule has 0 saturated carbocycles. The highest BCUT2D eigenvalue weighted by molar-refractivity contribution is 6.24. The van der Waals surface area contributed by atoms with Crippen molar-refractivity contribution >= 4 is 11.6 Å². The van der Waals surface area contributed by atoms with Gasteiger partial charge in [-0.3, -0.25) is 4.79 Å². The van der Waals surface area contributed by atoms with Crippen LogP contribution in [0, 0.1) is 5.92 Å². The second-order valence-corrected chi connectivity index (χ2v) is 3.57. The van der Waals surface area contributed by atoms with Gasteiger partial charge in [-0.15, -0.1) is 0 Å². The molecular formula is C10H16N2O. The Balaban J connectivity index is 2.80. The minimum absolute atomic E-state index is 0.0582. The van der Waals surface area contributed by atoms with E-state index in [1.54, 1.807) is 0 Å². The third-order valence-electron chi connectivity index (χ3n) is 1.83. The van der Waals surface area contributed by atoms with Crippen LogP contribution in [-0.2, 0) is 4.79 Å². The number of hydrogen-bond acceptors (Lipinski definition) is 2. The molecule has 72 valence electrons. The van der Waals surface area contributed by atoms with Crippen LogP contribution in [0.15, 0.2) is 16.8 Å². The predicted molar refractivity (Wildman–Crippen MR) is 53.4 cm³/mol. The van der Waals surface area contributed by atoms with Gasteiger partial charge in [-0.2, -0.15) is 5.10 Å². The maximum atomic E-state index is 11.3. The van der Waals surface area contributed by atoms with Gasteiger partial charge in [-0.25, -0.2) is 5.43 Å². The number of allylic oxidation sites excluding steroid dienone is 1. The SMILES string of the molecule is CCCC1=NNC(=O)/C1=C/C(C)C. The van der Waals surface area contributed by atoms with Crippen LogP contribution in [0.5, 0.6) is 0 Å². The lowest BCUT2D eigenvalue weighted by Gasteiger charge is -2.00. The first-order valence-corrected chi connectivity index (χ1v) is 4.74. The quantitative estimate of drug-likeness (QED) is 0.662. The van der Waals surface area contributed by atoms with Gasteiger partial charge in [-0.1, -0.05) is 33.3 Å². The molecule has 0 atom stereocenters. The zero-order chi connectivity index (χ0) is 9.84. The summed E-state index contributed by atoms with van der Waals surface area (Å²) in [5.74, 6) is 0.332. The van der Waals surface area contributed by atoms with Crippen LogP contribution >= 0.6 is 0 Å². The minimum Gasteiger partial charge on any atom is -0.267 e. The van der Waals surface area contributed by atoms with Crippen molar-refractivity contribution in [1.29, 1.82) is 0 Å². The summed E-state index contributed by atoms with van der Waals surface area (Å²) in [6, 6.07) is 0. The molecule has 0 aromatic rings. The Morgan fingerprint density at radius 1 is 1.54 bits per heavy atom. The van der Waals surface area contributed by atoms with Gasteiger partial charge in [0.15, 0.2) is 0 Å². The molecule has 13 heavy (non-hydrogen) atoms. The largest absolute Gasteiger partial charge is 0.272 e. The van der Waals surface area contributed by atoms with Crippen LogP contribution in [0.2, 0.25) is 0 Å². The molecule has 0 radical (unpaired) electrons. The van der Waals surface area contributed by atoms with Crippen molar-refractivity contribution in [3.63, 3.8) is 0 Å². The van der Waals surface area contributed by atoms with E-state index in [0.29, 0.717) is 5.92 Å². The number of nitrogens with zero attached hydrogens (tertiary/aromatic N) is 1. The molecule has 0 saturated heterocycles. The van der Waals surface area contributed by atoms with Crippen molar-refractivity contribution < 1.29 is 4.79 Å². The van der Waals surface area contributed by atoms with E-state index >= 15 is 0 Å². The first-order valence-electron chi connectivity index (χ1n) is 4.74. The monoisotopic (exact) mass is 180 g/mol. The summed E-state index contributed by atoms with van der Waals surface area (Å²) < 4.78 is 0. The molecule has 0 bridgehead atoms. The topological polar surface area (TPSA) is 41.5 Å². The van der Waals surface area contributed by atoms with Crippen LogP contribution in [0.4, 0.5) is 0 Å². The van der Waals surface area contributed by atoms with E-state index in [4.69, 9.17) is 0 Å². The lowest BCUT2D eigenvalue weighted by atomic mass is 10.0. The molecule has 1 N–H and O–H groups in total. The Kier molecular flexibility index (Phi) is 3.23. The number of carbonyl (C=O) groups excluding carboxylic acids is 1. The fraction of sp³-hybridized carbons (Fsp3) is 0.600. The van der Waals surface area contributed by atoms with E-state index in [0.717, 1.165) is 24.1 Å². The molecule has 1 aliphatic rings. The van der Waals surface area contributed by atoms with E-state index in [-0.39, 0.29) is 5.91 Å². The third kappa shape index (κ3) is 2.41. The summed E-state index contributed by atoms with van der Waals surface area (Å²) in [7, 11) is 0. The maximum absolute atomic E-state index is 11.3. The molecule has 0 aromatic carbocycles. The molecule has 3 nitrogen and oxygen atoms in total. The molecule has 0 aromatic heterocycles. The Bertz CT molecular complexity index is 264. The van der Waals surface area contributed by atoms with Crippen molar-refractivity contribution in [2.24, 2.45) is 11.0 Å². The number of hydrogen-bond donors (Lipinski definition) is 1. The van der Waals surface area contributed by atoms with Gasteiger partial charge in [0, 0.05) is 0 Å². The Hall–Kier alpha value is -1.12. The van der Waals surface area contributed by atoms with Crippen LogP contribution in [0.25, 0.3) is 0 Å². The molecule has 0 spiro atoms. The van der Waals surface area contributed by atoms with Crippen LogP contribution < -0.4 is 5.43 Å². The number of amides is 1. The molecule has 1 rings (SSSR count). The fourth-order valence-corrected chi connectivity index (χ4v) is 1.30. The van der Waals surface area contributed by atoms with Crippen molar-refractivity contribution in [2.75, 3.05) is 0 Å². The lowest BCUT2D eigenvalue weighted by molar-refractivity contribution is -0.116. The van der Waals surface area contributed by atoms with Gasteiger partial charge < -0.3 is 0 Å². The highest BCUT2D eigenvalue weighted by Gasteiger charge is 2.21. The number of carbonyl (C=O) groups is 1. The fourth-order valence-electron chi connectivity index (χ4n) is 1.30. The zero-order valence-corrected chi connectivity index (χ0v) is 8.42. The molecule has 1 amide bonds. The Morgan fingerprint density at radius 3 is 2.77 bits per heavy atom. The summed E-state index contributed by atoms with van der Waals surface area (Å²) in [6.07, 6.45) is 3.86. The van der Waals surface area contributed by atoms with Gasteiger partial charge in [0.2, 0.25) is 0 Å². The van der Waals surface area contributed by atoms with Crippen molar-refractivity contribution in [1.82, 2.24) is 5.43 Å². The first-order chi connectivity index (χ1) is 6.15. The van der Waals surface area contributed by atoms with Crippen molar-refractivity contribution in [3.8, 4) is 0 Å². The summed E-state index contributed by atoms with van der Waals surface area (Å²) in [6.45, 7) is 6.20. The zero-order valence-electron chi connectivity index (χ0n) is 8.42. The van der Waals surface area contributed by atoms with Crippen molar-refractivity contribution in [2.45, 2.75) is 33.6 Å². The molecule has 0 aliphatic carbocycles. The minimum atomic E-state index is -0.0582. The molecular weight excluding hydrogens is 164 g/mol. The summed E-state index contributed by atoms with van der Waals surface area (Å²) >= 11 is 0. The van der Waals surface area contributed by atoms with Gasteiger partial charge in [0.1, 0.15) is 0 Å². The van der Waals surface area contributed by atoms with Gasteiger partial charge in [0.25, 0.3) is 5.91 Å². The normalized spacial score (nSPS) is 19.5. The van der Waals surface area contributed by atoms with Crippen LogP contribution in [-0.4, -0.2) is 11.6 Å². The Morgan fingerprint density at radius 2 is 2.23 bits per heavy atom. The van der Waals surface area contributed by atoms with E-state index in [9.17, 15) is 4.79 Å². The molecule has 0 fully saturated rings. The van der Waals surface area contributed by atoms with Gasteiger partial charge >= 0.3 is 0 Å². The summed E-state index contributed by atoms with van der Waals surface area (Å²) in [5.41, 5.74) is 4.16. The summed E-state index contributed by atoms with van der Waals surface area (Å²) in [5, 5.41) is 3.99. The average Bonchev–Trinajstić information content (AvgIpc) is 2.36. The third-order valence-corrected chi connectivity index (χ3v) is 1.83. The standard InChI is InChI=1S/C10H16N2O/c1-4-5-9-8(6-7(2)3)10(13)12-11-9/h6-7H,4-5H2,1-3H3,(H,12,13)/b8-6+. The lowest BCUT2D eigenvalue weighted by Crippen LogP contribution is -2.14. The highest BCUT2D eigenvalue weighted by Crippen LogP contribution is 2.13. The van der Waals surface area contributed by atoms with E-state index in [1.807, 2.05) is 6.08 Å². The second kappa shape index (κ2) is 4.21. The smallest absolute Gasteiger partial charge is 0.267 e. The average molecular weight is 180 g/mol. The second-order valence-electron chi connectivity index (χ2n) is 3.57. The maximum Gasteiger partial charge on any atom is 0.272 e. The van der Waals surface area contributed by atoms with Gasteiger partial charge in [0.05, 0.1) is 11.3 Å². The first kappa shape index (κ1) is 9.96.